The normalized spacial score (nSPS) is 11.2. The van der Waals surface area contributed by atoms with Gasteiger partial charge in [0.05, 0.1) is 6.61 Å². The van der Waals surface area contributed by atoms with E-state index < -0.39 is 0 Å². The van der Waals surface area contributed by atoms with Gasteiger partial charge in [0.1, 0.15) is 0 Å². The number of rotatable bonds is 16. The van der Waals surface area contributed by atoms with E-state index in [4.69, 9.17) is 4.74 Å². The first-order chi connectivity index (χ1) is 10.8. The fraction of sp³-hybridized carbons (Fsp3) is 0.850. The lowest BCUT2D eigenvalue weighted by Gasteiger charge is -2.03. The predicted octanol–water partition coefficient (Wildman–Crippen LogP) is 6.59. The quantitative estimate of drug-likeness (QED) is 0.183. The van der Waals surface area contributed by atoms with Crippen LogP contribution >= 0.6 is 0 Å². The van der Waals surface area contributed by atoms with E-state index in [-0.39, 0.29) is 5.97 Å². The van der Waals surface area contributed by atoms with Gasteiger partial charge in [-0.1, -0.05) is 82.8 Å². The molecule has 0 N–H and O–H groups in total. The van der Waals surface area contributed by atoms with Gasteiger partial charge in [-0.2, -0.15) is 0 Å². The maximum Gasteiger partial charge on any atom is 0.302 e. The summed E-state index contributed by atoms with van der Waals surface area (Å²) < 4.78 is 4.92. The van der Waals surface area contributed by atoms with Gasteiger partial charge in [-0.15, -0.1) is 0 Å². The lowest BCUT2D eigenvalue weighted by Crippen LogP contribution is -2.00. The molecule has 0 amide bonds. The van der Waals surface area contributed by atoms with Crippen LogP contribution < -0.4 is 0 Å². The highest BCUT2D eigenvalue weighted by Crippen LogP contribution is 2.13. The monoisotopic (exact) mass is 310 g/mol. The van der Waals surface area contributed by atoms with Crippen LogP contribution in [0, 0.1) is 0 Å². The van der Waals surface area contributed by atoms with Crippen molar-refractivity contribution in [1.82, 2.24) is 0 Å². The number of ether oxygens (including phenoxy) is 1. The van der Waals surface area contributed by atoms with Crippen LogP contribution in [-0.2, 0) is 9.53 Å². The first-order valence-corrected chi connectivity index (χ1v) is 9.52. The molecule has 0 rings (SSSR count). The van der Waals surface area contributed by atoms with Crippen LogP contribution in [0.4, 0.5) is 0 Å². The minimum Gasteiger partial charge on any atom is -0.466 e. The molecule has 2 nitrogen and oxygen atoms in total. The fourth-order valence-corrected chi connectivity index (χ4v) is 2.69. The molecule has 0 bridgehead atoms. The van der Waals surface area contributed by atoms with Crippen molar-refractivity contribution in [2.45, 2.75) is 104 Å². The molecule has 0 saturated heterocycles. The minimum atomic E-state index is -0.155. The second-order valence-electron chi connectivity index (χ2n) is 6.29. The van der Waals surface area contributed by atoms with Gasteiger partial charge in [0.25, 0.3) is 0 Å². The largest absolute Gasteiger partial charge is 0.466 e. The smallest absolute Gasteiger partial charge is 0.302 e. The highest BCUT2D eigenvalue weighted by molar-refractivity contribution is 5.65. The van der Waals surface area contributed by atoms with Gasteiger partial charge in [0.15, 0.2) is 0 Å². The van der Waals surface area contributed by atoms with Gasteiger partial charge in [-0.25, -0.2) is 0 Å². The molecule has 0 aromatic carbocycles. The van der Waals surface area contributed by atoms with E-state index in [1.165, 1.54) is 90.4 Å². The van der Waals surface area contributed by atoms with Crippen LogP contribution in [0.15, 0.2) is 12.2 Å². The van der Waals surface area contributed by atoms with Crippen LogP contribution in [0.5, 0.6) is 0 Å². The Balaban J connectivity index is 2.98. The average molecular weight is 311 g/mol. The zero-order chi connectivity index (χ0) is 16.3. The first kappa shape index (κ1) is 21.2. The summed E-state index contributed by atoms with van der Waals surface area (Å²) in [4.78, 5) is 10.6. The molecule has 2 heteroatoms. The molecule has 130 valence electrons. The van der Waals surface area contributed by atoms with Gasteiger partial charge < -0.3 is 4.74 Å². The summed E-state index contributed by atoms with van der Waals surface area (Å²) in [6.45, 7) is 4.18. The number of hydrogen-bond acceptors (Lipinski definition) is 2. The molecular formula is C20H38O2. The van der Waals surface area contributed by atoms with Crippen molar-refractivity contribution in [2.24, 2.45) is 0 Å². The maximum atomic E-state index is 10.6. The first-order valence-electron chi connectivity index (χ1n) is 9.52. The third-order valence-corrected chi connectivity index (χ3v) is 4.06. The zero-order valence-electron chi connectivity index (χ0n) is 15.1. The molecule has 0 atom stereocenters. The van der Waals surface area contributed by atoms with Crippen LogP contribution in [0.1, 0.15) is 104 Å². The molecule has 0 aromatic heterocycles. The van der Waals surface area contributed by atoms with Crippen LogP contribution in [0.25, 0.3) is 0 Å². The number of hydrogen-bond donors (Lipinski definition) is 0. The SMILES string of the molecule is C/C=C\CCCCCCCCCCCCCCCOC(C)=O. The molecule has 0 radical (unpaired) electrons. The lowest BCUT2D eigenvalue weighted by atomic mass is 10.0. The van der Waals surface area contributed by atoms with Crippen molar-refractivity contribution in [2.75, 3.05) is 6.61 Å². The second-order valence-corrected chi connectivity index (χ2v) is 6.29. The van der Waals surface area contributed by atoms with Gasteiger partial charge in [0, 0.05) is 6.92 Å². The molecule has 0 fully saturated rings. The zero-order valence-corrected chi connectivity index (χ0v) is 15.1. The summed E-state index contributed by atoms with van der Waals surface area (Å²) in [5, 5.41) is 0. The van der Waals surface area contributed by atoms with Crippen LogP contribution in [0.3, 0.4) is 0 Å². The van der Waals surface area contributed by atoms with E-state index >= 15 is 0 Å². The molecule has 0 aliphatic heterocycles. The van der Waals surface area contributed by atoms with Gasteiger partial charge in [-0.05, 0) is 26.2 Å². The summed E-state index contributed by atoms with van der Waals surface area (Å²) in [5.41, 5.74) is 0. The van der Waals surface area contributed by atoms with E-state index in [0.29, 0.717) is 6.61 Å². The van der Waals surface area contributed by atoms with E-state index in [2.05, 4.69) is 19.1 Å². The molecule has 0 aromatic rings. The summed E-state index contributed by atoms with van der Waals surface area (Å²) in [6, 6.07) is 0. The molecule has 0 unspecified atom stereocenters. The number of unbranched alkanes of at least 4 members (excludes halogenated alkanes) is 13. The average Bonchev–Trinajstić information content (AvgIpc) is 2.50. The number of carbonyl (C=O) groups is 1. The summed E-state index contributed by atoms with van der Waals surface area (Å²) in [6.07, 6.45) is 23.1. The van der Waals surface area contributed by atoms with E-state index in [9.17, 15) is 4.79 Å². The van der Waals surface area contributed by atoms with Crippen molar-refractivity contribution >= 4 is 5.97 Å². The Kier molecular flexibility index (Phi) is 17.6. The number of esters is 1. The van der Waals surface area contributed by atoms with Crippen molar-refractivity contribution in [1.29, 1.82) is 0 Å². The highest BCUT2D eigenvalue weighted by atomic mass is 16.5. The van der Waals surface area contributed by atoms with Gasteiger partial charge in [-0.3, -0.25) is 4.79 Å². The Bertz CT molecular complexity index is 258. The minimum absolute atomic E-state index is 0.155. The summed E-state index contributed by atoms with van der Waals surface area (Å²) in [7, 11) is 0. The molecule has 0 aliphatic rings. The topological polar surface area (TPSA) is 26.3 Å². The number of allylic oxidation sites excluding steroid dienone is 2. The fourth-order valence-electron chi connectivity index (χ4n) is 2.69. The third-order valence-electron chi connectivity index (χ3n) is 4.06. The maximum absolute atomic E-state index is 10.6. The van der Waals surface area contributed by atoms with E-state index in [1.807, 2.05) is 0 Å². The summed E-state index contributed by atoms with van der Waals surface area (Å²) in [5.74, 6) is -0.155. The van der Waals surface area contributed by atoms with Crippen molar-refractivity contribution in [3.05, 3.63) is 12.2 Å². The van der Waals surface area contributed by atoms with Crippen molar-refractivity contribution < 1.29 is 9.53 Å². The third kappa shape index (κ3) is 19.2. The van der Waals surface area contributed by atoms with Crippen LogP contribution in [0.2, 0.25) is 0 Å². The van der Waals surface area contributed by atoms with Gasteiger partial charge in [0.2, 0.25) is 0 Å². The molecule has 22 heavy (non-hydrogen) atoms. The van der Waals surface area contributed by atoms with E-state index in [0.717, 1.165) is 6.42 Å². The molecule has 0 aliphatic carbocycles. The second kappa shape index (κ2) is 18.3. The summed E-state index contributed by atoms with van der Waals surface area (Å²) >= 11 is 0. The van der Waals surface area contributed by atoms with Crippen molar-refractivity contribution in [3.63, 3.8) is 0 Å². The molecular weight excluding hydrogens is 272 g/mol. The Morgan fingerprint density at radius 2 is 1.14 bits per heavy atom. The standard InChI is InChI=1S/C20H38O2/c1-3-4-5-6-7-8-9-10-11-12-13-14-15-16-17-18-19-22-20(2)21/h3-4H,5-19H2,1-2H3/b4-3-. The molecule has 0 heterocycles. The van der Waals surface area contributed by atoms with Crippen LogP contribution in [-0.4, -0.2) is 12.6 Å². The number of carbonyl (C=O) groups excluding carboxylic acids is 1. The Hall–Kier alpha value is -0.790. The molecule has 0 spiro atoms. The Morgan fingerprint density at radius 3 is 1.55 bits per heavy atom. The highest BCUT2D eigenvalue weighted by Gasteiger charge is 1.95. The van der Waals surface area contributed by atoms with Crippen molar-refractivity contribution in [3.8, 4) is 0 Å². The Morgan fingerprint density at radius 1 is 0.727 bits per heavy atom. The van der Waals surface area contributed by atoms with E-state index in [1.54, 1.807) is 0 Å². The Labute approximate surface area is 138 Å². The lowest BCUT2D eigenvalue weighted by molar-refractivity contribution is -0.141. The predicted molar refractivity (Wildman–Crippen MR) is 96.1 cm³/mol. The molecule has 0 saturated carbocycles. The van der Waals surface area contributed by atoms with Gasteiger partial charge >= 0.3 is 5.97 Å².